The van der Waals surface area contributed by atoms with Crippen LogP contribution in [0.1, 0.15) is 45.1 Å². The van der Waals surface area contributed by atoms with E-state index >= 15 is 0 Å². The van der Waals surface area contributed by atoms with E-state index in [9.17, 15) is 8.78 Å². The maximum absolute atomic E-state index is 13.7. The van der Waals surface area contributed by atoms with Gasteiger partial charge in [0.1, 0.15) is 11.6 Å². The van der Waals surface area contributed by atoms with Crippen LogP contribution >= 0.6 is 0 Å². The first-order valence-electron chi connectivity index (χ1n) is 6.57. The third-order valence-electron chi connectivity index (χ3n) is 4.58. The molecule has 0 bridgehead atoms. The maximum Gasteiger partial charge on any atom is 0.129 e. The van der Waals surface area contributed by atoms with Gasteiger partial charge in [-0.1, -0.05) is 32.8 Å². The Balaban J connectivity index is 2.32. The van der Waals surface area contributed by atoms with Crippen LogP contribution in [0.3, 0.4) is 0 Å². The van der Waals surface area contributed by atoms with Gasteiger partial charge in [0.05, 0.1) is 0 Å². The van der Waals surface area contributed by atoms with E-state index in [1.54, 1.807) is 0 Å². The molecule has 1 aromatic carbocycles. The average molecular weight is 253 g/mol. The topological polar surface area (TPSA) is 26.0 Å². The number of rotatable bonds is 2. The lowest BCUT2D eigenvalue weighted by Crippen LogP contribution is -2.56. The molecule has 1 nitrogen and oxygen atoms in total. The van der Waals surface area contributed by atoms with Crippen molar-refractivity contribution >= 4 is 0 Å². The lowest BCUT2D eigenvalue weighted by molar-refractivity contribution is 0.0973. The molecule has 1 aromatic rings. The highest BCUT2D eigenvalue weighted by Crippen LogP contribution is 2.44. The molecule has 1 saturated carbocycles. The highest BCUT2D eigenvalue weighted by molar-refractivity contribution is 5.23. The second-order valence-corrected chi connectivity index (χ2v) is 6.12. The van der Waals surface area contributed by atoms with Crippen molar-refractivity contribution in [1.82, 2.24) is 0 Å². The summed E-state index contributed by atoms with van der Waals surface area (Å²) < 4.78 is 27.5. The van der Waals surface area contributed by atoms with Crippen molar-refractivity contribution in [2.24, 2.45) is 11.1 Å². The molecule has 2 rings (SSSR count). The van der Waals surface area contributed by atoms with Crippen LogP contribution in [0, 0.1) is 17.0 Å². The monoisotopic (exact) mass is 253 g/mol. The number of nitrogens with two attached hydrogens (primary N) is 1. The van der Waals surface area contributed by atoms with Gasteiger partial charge in [0.2, 0.25) is 0 Å². The minimum Gasteiger partial charge on any atom is -0.324 e. The van der Waals surface area contributed by atoms with Crippen molar-refractivity contribution < 1.29 is 8.78 Å². The van der Waals surface area contributed by atoms with Crippen molar-refractivity contribution in [2.45, 2.75) is 51.5 Å². The summed E-state index contributed by atoms with van der Waals surface area (Å²) in [5.74, 6) is -0.970. The SMILES string of the molecule is CC1(C)CCCCC1(N)Cc1c(F)cccc1F. The Morgan fingerprint density at radius 2 is 1.67 bits per heavy atom. The lowest BCUT2D eigenvalue weighted by Gasteiger charge is -2.48. The van der Waals surface area contributed by atoms with Gasteiger partial charge >= 0.3 is 0 Å². The molecule has 1 aliphatic rings. The van der Waals surface area contributed by atoms with Gasteiger partial charge in [-0.15, -0.1) is 0 Å². The molecule has 1 fully saturated rings. The fraction of sp³-hybridized carbons (Fsp3) is 0.600. The van der Waals surface area contributed by atoms with E-state index in [0.29, 0.717) is 0 Å². The van der Waals surface area contributed by atoms with Gasteiger partial charge in [0.25, 0.3) is 0 Å². The van der Waals surface area contributed by atoms with Crippen molar-refractivity contribution in [1.29, 1.82) is 0 Å². The van der Waals surface area contributed by atoms with E-state index in [1.807, 2.05) is 0 Å². The first-order chi connectivity index (χ1) is 8.36. The Kier molecular flexibility index (Phi) is 3.45. The molecule has 3 heteroatoms. The Morgan fingerprint density at radius 3 is 2.22 bits per heavy atom. The summed E-state index contributed by atoms with van der Waals surface area (Å²) in [5.41, 5.74) is 6.00. The molecule has 0 spiro atoms. The average Bonchev–Trinajstić information content (AvgIpc) is 2.28. The highest BCUT2D eigenvalue weighted by atomic mass is 19.1. The number of benzene rings is 1. The standard InChI is InChI=1S/C15H21F2N/c1-14(2)8-3-4-9-15(14,18)10-11-12(16)6-5-7-13(11)17/h5-7H,3-4,8-10,18H2,1-2H3. The van der Waals surface area contributed by atoms with Crippen molar-refractivity contribution in [3.63, 3.8) is 0 Å². The number of hydrogen-bond acceptors (Lipinski definition) is 1. The second kappa shape index (κ2) is 4.61. The molecular formula is C15H21F2N. The fourth-order valence-corrected chi connectivity index (χ4v) is 2.94. The second-order valence-electron chi connectivity index (χ2n) is 6.12. The Morgan fingerprint density at radius 1 is 1.11 bits per heavy atom. The van der Waals surface area contributed by atoms with E-state index in [4.69, 9.17) is 5.73 Å². The van der Waals surface area contributed by atoms with Crippen LogP contribution in [0.25, 0.3) is 0 Å². The molecule has 0 radical (unpaired) electrons. The third kappa shape index (κ3) is 2.28. The quantitative estimate of drug-likeness (QED) is 0.852. The van der Waals surface area contributed by atoms with Crippen LogP contribution in [-0.2, 0) is 6.42 Å². The summed E-state index contributed by atoms with van der Waals surface area (Å²) in [5, 5.41) is 0. The summed E-state index contributed by atoms with van der Waals surface area (Å²) >= 11 is 0. The van der Waals surface area contributed by atoms with Crippen LogP contribution in [-0.4, -0.2) is 5.54 Å². The predicted octanol–water partition coefficient (Wildman–Crippen LogP) is 3.81. The van der Waals surface area contributed by atoms with Gasteiger partial charge in [-0.25, -0.2) is 8.78 Å². The molecule has 100 valence electrons. The summed E-state index contributed by atoms with van der Waals surface area (Å²) in [4.78, 5) is 0. The zero-order chi connectivity index (χ0) is 13.4. The van der Waals surface area contributed by atoms with E-state index in [1.165, 1.54) is 18.2 Å². The van der Waals surface area contributed by atoms with E-state index in [-0.39, 0.29) is 17.4 Å². The van der Waals surface area contributed by atoms with Gasteiger partial charge in [-0.2, -0.15) is 0 Å². The van der Waals surface area contributed by atoms with Gasteiger partial charge in [0.15, 0.2) is 0 Å². The number of hydrogen-bond donors (Lipinski definition) is 1. The largest absolute Gasteiger partial charge is 0.324 e. The minimum atomic E-state index is -0.520. The van der Waals surface area contributed by atoms with E-state index < -0.39 is 17.2 Å². The number of halogens is 2. The summed E-state index contributed by atoms with van der Waals surface area (Å²) in [6, 6.07) is 4.00. The molecule has 0 aliphatic heterocycles. The zero-order valence-electron chi connectivity index (χ0n) is 11.1. The Bertz CT molecular complexity index is 422. The van der Waals surface area contributed by atoms with E-state index in [0.717, 1.165) is 25.7 Å². The molecule has 2 N–H and O–H groups in total. The first kappa shape index (κ1) is 13.5. The summed E-state index contributed by atoms with van der Waals surface area (Å²) in [7, 11) is 0. The Labute approximate surface area is 107 Å². The van der Waals surface area contributed by atoms with E-state index in [2.05, 4.69) is 13.8 Å². The molecule has 0 aromatic heterocycles. The first-order valence-corrected chi connectivity index (χ1v) is 6.57. The maximum atomic E-state index is 13.7. The van der Waals surface area contributed by atoms with Crippen molar-refractivity contribution in [3.8, 4) is 0 Å². The van der Waals surface area contributed by atoms with Crippen LogP contribution in [0.5, 0.6) is 0 Å². The van der Waals surface area contributed by atoms with Crippen molar-refractivity contribution in [3.05, 3.63) is 35.4 Å². The molecule has 0 amide bonds. The van der Waals surface area contributed by atoms with Gasteiger partial charge in [-0.05, 0) is 36.8 Å². The summed E-state index contributed by atoms with van der Waals surface area (Å²) in [6.07, 6.45) is 4.30. The fourth-order valence-electron chi connectivity index (χ4n) is 2.94. The van der Waals surface area contributed by atoms with Crippen molar-refractivity contribution in [2.75, 3.05) is 0 Å². The molecule has 0 saturated heterocycles. The molecule has 0 heterocycles. The van der Waals surface area contributed by atoms with Gasteiger partial charge < -0.3 is 5.73 Å². The van der Waals surface area contributed by atoms with Gasteiger partial charge in [0, 0.05) is 11.1 Å². The molecule has 1 atom stereocenters. The minimum absolute atomic E-state index is 0.0834. The lowest BCUT2D eigenvalue weighted by atomic mass is 9.61. The third-order valence-corrected chi connectivity index (χ3v) is 4.58. The molecule has 18 heavy (non-hydrogen) atoms. The summed E-state index contributed by atoms with van der Waals surface area (Å²) in [6.45, 7) is 4.20. The van der Waals surface area contributed by atoms with Crippen LogP contribution in [0.4, 0.5) is 8.78 Å². The highest BCUT2D eigenvalue weighted by Gasteiger charge is 2.44. The molecule has 1 aliphatic carbocycles. The molecular weight excluding hydrogens is 232 g/mol. The van der Waals surface area contributed by atoms with Gasteiger partial charge in [-0.3, -0.25) is 0 Å². The van der Waals surface area contributed by atoms with Crippen LogP contribution in [0.2, 0.25) is 0 Å². The molecule has 1 unspecified atom stereocenters. The zero-order valence-corrected chi connectivity index (χ0v) is 11.1. The van der Waals surface area contributed by atoms with Crippen LogP contribution < -0.4 is 5.73 Å². The smallest absolute Gasteiger partial charge is 0.129 e. The normalized spacial score (nSPS) is 27.2. The predicted molar refractivity (Wildman–Crippen MR) is 69.2 cm³/mol. The Hall–Kier alpha value is -0.960. The van der Waals surface area contributed by atoms with Crippen LogP contribution in [0.15, 0.2) is 18.2 Å².